The normalized spacial score (nSPS) is 10.6. The molecule has 0 spiro atoms. The molecule has 0 aliphatic heterocycles. The highest BCUT2D eigenvalue weighted by atomic mass is 19.1. The number of rotatable bonds is 5. The number of amides is 2. The lowest BCUT2D eigenvalue weighted by Gasteiger charge is -2.11. The number of nitrogens with zero attached hydrogens (tertiary/aromatic N) is 1. The van der Waals surface area contributed by atoms with Gasteiger partial charge in [-0.25, -0.2) is 8.78 Å². The Kier molecular flexibility index (Phi) is 5.66. The van der Waals surface area contributed by atoms with Crippen molar-refractivity contribution in [3.8, 4) is 5.75 Å². The van der Waals surface area contributed by atoms with E-state index < -0.39 is 28.9 Å². The highest BCUT2D eigenvalue weighted by molar-refractivity contribution is 6.05. The molecule has 0 aliphatic rings. The summed E-state index contributed by atoms with van der Waals surface area (Å²) in [5.41, 5.74) is -0.0827. The zero-order valence-corrected chi connectivity index (χ0v) is 13.6. The molecule has 2 aromatic rings. The van der Waals surface area contributed by atoms with Crippen molar-refractivity contribution in [1.82, 2.24) is 4.90 Å². The lowest BCUT2D eigenvalue weighted by atomic mass is 10.1. The molecule has 0 saturated carbocycles. The van der Waals surface area contributed by atoms with Crippen LogP contribution < -0.4 is 10.6 Å². The van der Waals surface area contributed by atoms with Gasteiger partial charge in [-0.3, -0.25) is 9.59 Å². The van der Waals surface area contributed by atoms with Gasteiger partial charge in [-0.15, -0.1) is 0 Å². The number of phenols is 1. The molecule has 0 aromatic heterocycles. The maximum atomic E-state index is 13.7. The second-order valence-corrected chi connectivity index (χ2v) is 5.57. The molecule has 2 rings (SSSR count). The van der Waals surface area contributed by atoms with Crippen molar-refractivity contribution in [2.75, 3.05) is 31.3 Å². The van der Waals surface area contributed by atoms with Crippen LogP contribution in [-0.2, 0) is 4.79 Å². The molecule has 0 saturated heterocycles. The van der Waals surface area contributed by atoms with E-state index in [2.05, 4.69) is 10.6 Å². The average molecular weight is 349 g/mol. The van der Waals surface area contributed by atoms with Gasteiger partial charge in [0.25, 0.3) is 5.91 Å². The maximum absolute atomic E-state index is 13.7. The van der Waals surface area contributed by atoms with Crippen molar-refractivity contribution >= 4 is 23.2 Å². The first-order chi connectivity index (χ1) is 11.8. The molecular weight excluding hydrogens is 332 g/mol. The van der Waals surface area contributed by atoms with Gasteiger partial charge in [0.15, 0.2) is 11.6 Å². The van der Waals surface area contributed by atoms with Crippen molar-refractivity contribution in [2.24, 2.45) is 0 Å². The minimum atomic E-state index is -1.33. The van der Waals surface area contributed by atoms with Crippen LogP contribution in [0.25, 0.3) is 0 Å². The van der Waals surface area contributed by atoms with Crippen LogP contribution in [0.1, 0.15) is 10.4 Å². The molecule has 6 nitrogen and oxygen atoms in total. The molecule has 25 heavy (non-hydrogen) atoms. The van der Waals surface area contributed by atoms with E-state index in [0.717, 1.165) is 12.1 Å². The van der Waals surface area contributed by atoms with Gasteiger partial charge in [-0.2, -0.15) is 0 Å². The van der Waals surface area contributed by atoms with E-state index in [0.29, 0.717) is 5.69 Å². The highest BCUT2D eigenvalue weighted by Gasteiger charge is 2.20. The molecule has 0 fully saturated rings. The van der Waals surface area contributed by atoms with Crippen LogP contribution in [0.3, 0.4) is 0 Å². The molecule has 0 atom stereocenters. The Labute approximate surface area is 143 Å². The summed E-state index contributed by atoms with van der Waals surface area (Å²) in [5.74, 6) is -4.46. The maximum Gasteiger partial charge on any atom is 0.261 e. The summed E-state index contributed by atoms with van der Waals surface area (Å²) in [7, 11) is 3.52. The SMILES string of the molecule is CN(C)CC(=O)Nc1ccc(NC(=O)c2c(F)ccc(O)c2F)cc1. The first kappa shape index (κ1) is 18.3. The van der Waals surface area contributed by atoms with E-state index in [1.807, 2.05) is 0 Å². The van der Waals surface area contributed by atoms with Crippen LogP contribution in [0.4, 0.5) is 20.2 Å². The van der Waals surface area contributed by atoms with E-state index in [1.54, 1.807) is 31.1 Å². The predicted molar refractivity (Wildman–Crippen MR) is 89.6 cm³/mol. The second kappa shape index (κ2) is 7.71. The lowest BCUT2D eigenvalue weighted by Crippen LogP contribution is -2.27. The monoisotopic (exact) mass is 349 g/mol. The van der Waals surface area contributed by atoms with Crippen LogP contribution in [0, 0.1) is 11.6 Å². The number of benzene rings is 2. The third-order valence-electron chi connectivity index (χ3n) is 3.18. The summed E-state index contributed by atoms with van der Waals surface area (Å²) in [4.78, 5) is 25.4. The Balaban J connectivity index is 2.08. The number of aromatic hydroxyl groups is 1. The molecule has 3 N–H and O–H groups in total. The zero-order chi connectivity index (χ0) is 18.6. The summed E-state index contributed by atoms with van der Waals surface area (Å²) < 4.78 is 27.4. The lowest BCUT2D eigenvalue weighted by molar-refractivity contribution is -0.116. The number of nitrogens with one attached hydrogen (secondary N) is 2. The fraction of sp³-hybridized carbons (Fsp3) is 0.176. The molecule has 0 aliphatic carbocycles. The molecule has 0 bridgehead atoms. The number of anilines is 2. The van der Waals surface area contributed by atoms with Gasteiger partial charge < -0.3 is 20.6 Å². The number of hydrogen-bond acceptors (Lipinski definition) is 4. The number of carbonyl (C=O) groups is 2. The molecule has 132 valence electrons. The number of likely N-dealkylation sites (N-methyl/N-ethyl adjacent to an activating group) is 1. The zero-order valence-electron chi connectivity index (χ0n) is 13.6. The van der Waals surface area contributed by atoms with Crippen molar-refractivity contribution in [3.63, 3.8) is 0 Å². The topological polar surface area (TPSA) is 81.7 Å². The predicted octanol–water partition coefficient (Wildman–Crippen LogP) is 2.42. The fourth-order valence-corrected chi connectivity index (χ4v) is 2.07. The van der Waals surface area contributed by atoms with E-state index in [4.69, 9.17) is 0 Å². The summed E-state index contributed by atoms with van der Waals surface area (Å²) in [6.45, 7) is 0.217. The summed E-state index contributed by atoms with van der Waals surface area (Å²) >= 11 is 0. The quantitative estimate of drug-likeness (QED) is 0.774. The van der Waals surface area contributed by atoms with Gasteiger partial charge >= 0.3 is 0 Å². The third-order valence-corrected chi connectivity index (χ3v) is 3.18. The van der Waals surface area contributed by atoms with E-state index >= 15 is 0 Å². The second-order valence-electron chi connectivity index (χ2n) is 5.57. The molecule has 0 radical (unpaired) electrons. The minimum Gasteiger partial charge on any atom is -0.505 e. The molecular formula is C17H17F2N3O3. The van der Waals surface area contributed by atoms with E-state index in [1.165, 1.54) is 12.1 Å². The summed E-state index contributed by atoms with van der Waals surface area (Å²) in [6.07, 6.45) is 0. The van der Waals surface area contributed by atoms with Gasteiger partial charge in [-0.05, 0) is 50.5 Å². The molecule has 0 heterocycles. The van der Waals surface area contributed by atoms with Crippen LogP contribution in [-0.4, -0.2) is 42.5 Å². The minimum absolute atomic E-state index is 0.203. The van der Waals surface area contributed by atoms with Gasteiger partial charge in [0.05, 0.1) is 6.54 Å². The molecule has 0 unspecified atom stereocenters. The number of hydrogen-bond donors (Lipinski definition) is 3. The first-order valence-corrected chi connectivity index (χ1v) is 7.31. The van der Waals surface area contributed by atoms with Gasteiger partial charge in [0.1, 0.15) is 11.4 Å². The van der Waals surface area contributed by atoms with Crippen molar-refractivity contribution < 1.29 is 23.5 Å². The van der Waals surface area contributed by atoms with E-state index in [9.17, 15) is 23.5 Å². The number of phenolic OH excluding ortho intramolecular Hbond substituents is 1. The molecule has 2 aromatic carbocycles. The Hall–Kier alpha value is -3.00. The van der Waals surface area contributed by atoms with Gasteiger partial charge in [0, 0.05) is 11.4 Å². The highest BCUT2D eigenvalue weighted by Crippen LogP contribution is 2.23. The molecule has 2 amide bonds. The molecule has 8 heteroatoms. The largest absolute Gasteiger partial charge is 0.505 e. The smallest absolute Gasteiger partial charge is 0.261 e. The summed E-state index contributed by atoms with van der Waals surface area (Å²) in [5, 5.41) is 14.3. The average Bonchev–Trinajstić information content (AvgIpc) is 2.52. The van der Waals surface area contributed by atoms with E-state index in [-0.39, 0.29) is 18.1 Å². The third kappa shape index (κ3) is 4.74. The van der Waals surface area contributed by atoms with Gasteiger partial charge in [-0.1, -0.05) is 0 Å². The Morgan fingerprint density at radius 3 is 2.12 bits per heavy atom. The summed E-state index contributed by atoms with van der Waals surface area (Å²) in [6, 6.07) is 7.66. The van der Waals surface area contributed by atoms with Crippen LogP contribution in [0.15, 0.2) is 36.4 Å². The standard InChI is InChI=1S/C17H17F2N3O3/c1-22(2)9-14(24)20-10-3-5-11(6-4-10)21-17(25)15-12(18)7-8-13(23)16(15)19/h3-8,23H,9H2,1-2H3,(H,20,24)(H,21,25). The number of halogens is 2. The van der Waals surface area contributed by atoms with Crippen molar-refractivity contribution in [3.05, 3.63) is 53.6 Å². The van der Waals surface area contributed by atoms with Crippen molar-refractivity contribution in [1.29, 1.82) is 0 Å². The van der Waals surface area contributed by atoms with Crippen LogP contribution in [0.5, 0.6) is 5.75 Å². The first-order valence-electron chi connectivity index (χ1n) is 7.31. The fourth-order valence-electron chi connectivity index (χ4n) is 2.07. The number of carbonyl (C=O) groups excluding carboxylic acids is 2. The van der Waals surface area contributed by atoms with Gasteiger partial charge in [0.2, 0.25) is 5.91 Å². The Morgan fingerprint density at radius 1 is 1.00 bits per heavy atom. The Morgan fingerprint density at radius 2 is 1.56 bits per heavy atom. The Bertz CT molecular complexity index is 792. The van der Waals surface area contributed by atoms with Crippen molar-refractivity contribution in [2.45, 2.75) is 0 Å². The van der Waals surface area contributed by atoms with Crippen LogP contribution >= 0.6 is 0 Å². The van der Waals surface area contributed by atoms with Crippen LogP contribution in [0.2, 0.25) is 0 Å².